The number of nitrogens with zero attached hydrogens (tertiary/aromatic N) is 1. The van der Waals surface area contributed by atoms with Crippen LogP contribution in [0.15, 0.2) is 66.7 Å². The summed E-state index contributed by atoms with van der Waals surface area (Å²) in [5.41, 5.74) is 1.57. The summed E-state index contributed by atoms with van der Waals surface area (Å²) in [7, 11) is 3.06. The number of carbonyl (C=O) groups is 2. The van der Waals surface area contributed by atoms with Gasteiger partial charge >= 0.3 is 0 Å². The van der Waals surface area contributed by atoms with Crippen molar-refractivity contribution in [3.05, 3.63) is 87.9 Å². The zero-order chi connectivity index (χ0) is 26.8. The third-order valence-electron chi connectivity index (χ3n) is 5.67. The van der Waals surface area contributed by atoms with E-state index >= 15 is 0 Å². The Kier molecular flexibility index (Phi) is 10.5. The minimum Gasteiger partial charge on any atom is -0.496 e. The number of amides is 2. The van der Waals surface area contributed by atoms with E-state index in [1.165, 1.54) is 19.1 Å². The quantitative estimate of drug-likeness (QED) is 0.340. The summed E-state index contributed by atoms with van der Waals surface area (Å²) in [5, 5.41) is 3.73. The highest BCUT2D eigenvalue weighted by Gasteiger charge is 2.31. The Morgan fingerprint density at radius 1 is 0.919 bits per heavy atom. The van der Waals surface area contributed by atoms with Crippen LogP contribution in [0.1, 0.15) is 18.1 Å². The lowest BCUT2D eigenvalue weighted by Gasteiger charge is -2.31. The van der Waals surface area contributed by atoms with Crippen LogP contribution in [0.2, 0.25) is 10.0 Å². The molecule has 3 aromatic carbocycles. The average Bonchev–Trinajstić information content (AvgIpc) is 2.90. The molecule has 0 saturated carbocycles. The first-order valence-electron chi connectivity index (χ1n) is 11.8. The summed E-state index contributed by atoms with van der Waals surface area (Å²) in [5.74, 6) is 0.784. The molecule has 0 unspecified atom stereocenters. The zero-order valence-electron chi connectivity index (χ0n) is 21.0. The van der Waals surface area contributed by atoms with E-state index in [1.807, 2.05) is 37.3 Å². The van der Waals surface area contributed by atoms with Gasteiger partial charge in [-0.15, -0.1) is 0 Å². The third kappa shape index (κ3) is 8.03. The number of methoxy groups -OCH3 is 2. The molecule has 0 radical (unpaired) electrons. The van der Waals surface area contributed by atoms with Gasteiger partial charge in [0.15, 0.2) is 6.61 Å². The Morgan fingerprint density at radius 2 is 1.57 bits per heavy atom. The molecule has 2 amide bonds. The summed E-state index contributed by atoms with van der Waals surface area (Å²) in [6, 6.07) is 18.8. The fourth-order valence-electron chi connectivity index (χ4n) is 3.77. The second-order valence-corrected chi connectivity index (χ2v) is 9.04. The first kappa shape index (κ1) is 28.2. The molecule has 3 rings (SSSR count). The van der Waals surface area contributed by atoms with Gasteiger partial charge in [0.05, 0.1) is 14.2 Å². The van der Waals surface area contributed by atoms with Crippen LogP contribution in [0.25, 0.3) is 0 Å². The second-order valence-electron chi connectivity index (χ2n) is 8.19. The molecule has 1 atom stereocenters. The Bertz CT molecular complexity index is 1180. The number of likely N-dealkylation sites (N-methyl/N-ethyl adjacent to an activating group) is 1. The van der Waals surface area contributed by atoms with Crippen LogP contribution < -0.4 is 19.5 Å². The van der Waals surface area contributed by atoms with Gasteiger partial charge in [-0.05, 0) is 30.2 Å². The monoisotopic (exact) mass is 544 g/mol. The van der Waals surface area contributed by atoms with Crippen LogP contribution in [-0.2, 0) is 22.6 Å². The number of nitrogens with one attached hydrogen (secondary N) is 1. The molecule has 3 aromatic rings. The van der Waals surface area contributed by atoms with E-state index in [4.69, 9.17) is 37.4 Å². The van der Waals surface area contributed by atoms with Gasteiger partial charge in [0.1, 0.15) is 23.3 Å². The molecule has 0 spiro atoms. The number of carbonyl (C=O) groups excluding carboxylic acids is 2. The predicted octanol–water partition coefficient (Wildman–Crippen LogP) is 5.17. The van der Waals surface area contributed by atoms with Crippen LogP contribution in [0.3, 0.4) is 0 Å². The van der Waals surface area contributed by atoms with E-state index in [1.54, 1.807) is 36.4 Å². The molecule has 0 saturated heterocycles. The molecule has 9 heteroatoms. The van der Waals surface area contributed by atoms with Gasteiger partial charge in [-0.25, -0.2) is 0 Å². The van der Waals surface area contributed by atoms with E-state index < -0.39 is 6.04 Å². The topological polar surface area (TPSA) is 77.1 Å². The molecule has 0 fully saturated rings. The number of hydrogen-bond donors (Lipinski definition) is 1. The highest BCUT2D eigenvalue weighted by Crippen LogP contribution is 2.28. The van der Waals surface area contributed by atoms with Crippen molar-refractivity contribution in [3.63, 3.8) is 0 Å². The number of rotatable bonds is 12. The first-order chi connectivity index (χ1) is 17.8. The van der Waals surface area contributed by atoms with Crippen molar-refractivity contribution in [2.24, 2.45) is 0 Å². The fraction of sp³-hybridized carbons (Fsp3) is 0.286. The molecule has 196 valence electrons. The molecule has 0 aromatic heterocycles. The van der Waals surface area contributed by atoms with Crippen molar-refractivity contribution in [1.29, 1.82) is 0 Å². The number of halogens is 2. The molecule has 37 heavy (non-hydrogen) atoms. The summed E-state index contributed by atoms with van der Waals surface area (Å²) in [6.45, 7) is 2.04. The zero-order valence-corrected chi connectivity index (χ0v) is 22.5. The number of benzene rings is 3. The van der Waals surface area contributed by atoms with Gasteiger partial charge in [-0.3, -0.25) is 9.59 Å². The van der Waals surface area contributed by atoms with Crippen molar-refractivity contribution in [1.82, 2.24) is 10.2 Å². The Balaban J connectivity index is 1.93. The Labute approximate surface area is 227 Å². The lowest BCUT2D eigenvalue weighted by molar-refractivity contribution is -0.142. The van der Waals surface area contributed by atoms with Crippen LogP contribution in [-0.4, -0.2) is 50.1 Å². The number of ether oxygens (including phenoxy) is 3. The fourth-order valence-corrected chi connectivity index (χ4v) is 4.24. The predicted molar refractivity (Wildman–Crippen MR) is 145 cm³/mol. The van der Waals surface area contributed by atoms with Crippen LogP contribution in [0, 0.1) is 0 Å². The molecule has 0 aliphatic heterocycles. The van der Waals surface area contributed by atoms with E-state index in [0.717, 1.165) is 5.56 Å². The van der Waals surface area contributed by atoms with Crippen molar-refractivity contribution in [2.45, 2.75) is 25.9 Å². The lowest BCUT2D eigenvalue weighted by atomic mass is 10.0. The Hall–Kier alpha value is -3.42. The van der Waals surface area contributed by atoms with Crippen molar-refractivity contribution in [2.75, 3.05) is 27.4 Å². The average molecular weight is 545 g/mol. The van der Waals surface area contributed by atoms with Gasteiger partial charge in [0.25, 0.3) is 5.91 Å². The van der Waals surface area contributed by atoms with Gasteiger partial charge in [-0.1, -0.05) is 59.6 Å². The van der Waals surface area contributed by atoms with Crippen molar-refractivity contribution < 1.29 is 23.8 Å². The van der Waals surface area contributed by atoms with Gasteiger partial charge < -0.3 is 24.4 Å². The van der Waals surface area contributed by atoms with E-state index in [0.29, 0.717) is 45.8 Å². The van der Waals surface area contributed by atoms with Crippen LogP contribution >= 0.6 is 23.2 Å². The van der Waals surface area contributed by atoms with Crippen molar-refractivity contribution in [3.8, 4) is 17.2 Å². The largest absolute Gasteiger partial charge is 0.496 e. The minimum atomic E-state index is -0.801. The van der Waals surface area contributed by atoms with E-state index in [2.05, 4.69) is 5.32 Å². The molecule has 0 heterocycles. The maximum atomic E-state index is 13.6. The highest BCUT2D eigenvalue weighted by atomic mass is 35.5. The summed E-state index contributed by atoms with van der Waals surface area (Å²) >= 11 is 12.5. The maximum Gasteiger partial charge on any atom is 0.261 e. The smallest absolute Gasteiger partial charge is 0.261 e. The van der Waals surface area contributed by atoms with E-state index in [9.17, 15) is 9.59 Å². The van der Waals surface area contributed by atoms with Crippen LogP contribution in [0.5, 0.6) is 17.2 Å². The summed E-state index contributed by atoms with van der Waals surface area (Å²) in [4.78, 5) is 28.4. The summed E-state index contributed by atoms with van der Waals surface area (Å²) < 4.78 is 16.4. The molecule has 1 N–H and O–H groups in total. The van der Waals surface area contributed by atoms with Crippen LogP contribution in [0.4, 0.5) is 0 Å². The molecule has 0 bridgehead atoms. The summed E-state index contributed by atoms with van der Waals surface area (Å²) in [6.07, 6.45) is 0.316. The number of hydrogen-bond acceptors (Lipinski definition) is 5. The minimum absolute atomic E-state index is 0.0915. The SMILES string of the molecule is CCNC(=O)[C@@H](Cc1ccccc1)N(Cc1ccc(Cl)cc1Cl)C(=O)COc1cc(OC)cc(OC)c1. The van der Waals surface area contributed by atoms with Gasteiger partial charge in [0, 0.05) is 47.8 Å². The first-order valence-corrected chi connectivity index (χ1v) is 12.5. The molecular weight excluding hydrogens is 515 g/mol. The van der Waals surface area contributed by atoms with Crippen molar-refractivity contribution >= 4 is 35.0 Å². The highest BCUT2D eigenvalue weighted by molar-refractivity contribution is 6.35. The second kappa shape index (κ2) is 13.8. The molecular formula is C28H30Cl2N2O5. The normalized spacial score (nSPS) is 11.4. The third-order valence-corrected chi connectivity index (χ3v) is 6.25. The lowest BCUT2D eigenvalue weighted by Crippen LogP contribution is -2.51. The van der Waals surface area contributed by atoms with Gasteiger partial charge in [0.2, 0.25) is 5.91 Å². The molecule has 0 aliphatic carbocycles. The Morgan fingerprint density at radius 3 is 2.16 bits per heavy atom. The molecule has 0 aliphatic rings. The standard InChI is InChI=1S/C28H30Cl2N2O5/c1-4-31-28(34)26(12-19-8-6-5-7-9-19)32(17-20-10-11-21(29)13-25(20)30)27(33)18-37-24-15-22(35-2)14-23(16-24)36-3/h5-11,13-16,26H,4,12,17-18H2,1-3H3,(H,31,34)/t26-/m1/s1. The van der Waals surface area contributed by atoms with Gasteiger partial charge in [-0.2, -0.15) is 0 Å². The maximum absolute atomic E-state index is 13.6. The van der Waals surface area contributed by atoms with E-state index in [-0.39, 0.29) is 25.0 Å². The molecule has 7 nitrogen and oxygen atoms in total.